The molecule has 0 bridgehead atoms. The molecule has 1 aliphatic heterocycles. The highest BCUT2D eigenvalue weighted by atomic mass is 16.6. The van der Waals surface area contributed by atoms with Crippen LogP contribution in [0.15, 0.2) is 36.8 Å². The molecule has 1 saturated heterocycles. The number of ether oxygens (including phenoxy) is 1. The molecule has 1 aromatic carbocycles. The highest BCUT2D eigenvalue weighted by Gasteiger charge is 2.33. The summed E-state index contributed by atoms with van der Waals surface area (Å²) in [6, 6.07) is 6.49. The van der Waals surface area contributed by atoms with E-state index in [-0.39, 0.29) is 11.8 Å². The Morgan fingerprint density at radius 3 is 2.93 bits per heavy atom. The van der Waals surface area contributed by atoms with E-state index in [4.69, 9.17) is 4.74 Å². The second-order valence-electron chi connectivity index (χ2n) is 8.06. The first-order chi connectivity index (χ1) is 14.4. The highest BCUT2D eigenvalue weighted by Crippen LogP contribution is 2.37. The summed E-state index contributed by atoms with van der Waals surface area (Å²) in [6.45, 7) is 4.25. The van der Waals surface area contributed by atoms with E-state index in [1.165, 1.54) is 18.9 Å². The van der Waals surface area contributed by atoms with Crippen molar-refractivity contribution >= 4 is 12.1 Å². The average molecular weight is 415 g/mol. The second-order valence-corrected chi connectivity index (χ2v) is 8.06. The number of benzene rings is 1. The maximum Gasteiger partial charge on any atom is 0.413 e. The van der Waals surface area contributed by atoms with Gasteiger partial charge in [0.1, 0.15) is 11.8 Å². The monoisotopic (exact) mass is 414 g/mol. The number of hydrogen-bond acceptors (Lipinski definition) is 5. The lowest BCUT2D eigenvalue weighted by Crippen LogP contribution is -2.43. The first kappa shape index (κ1) is 21.8. The Morgan fingerprint density at radius 1 is 1.40 bits per heavy atom. The van der Waals surface area contributed by atoms with Gasteiger partial charge in [0, 0.05) is 30.3 Å². The van der Waals surface area contributed by atoms with Gasteiger partial charge < -0.3 is 25.0 Å². The number of nitrogens with one attached hydrogen (secondary N) is 2. The van der Waals surface area contributed by atoms with Crippen LogP contribution in [-0.4, -0.2) is 58.2 Å². The van der Waals surface area contributed by atoms with Crippen molar-refractivity contribution in [2.45, 2.75) is 50.5 Å². The Labute approximate surface area is 176 Å². The van der Waals surface area contributed by atoms with Crippen molar-refractivity contribution < 1.29 is 19.4 Å². The average Bonchev–Trinajstić information content (AvgIpc) is 3.15. The van der Waals surface area contributed by atoms with Gasteiger partial charge in [-0.15, -0.1) is 0 Å². The number of likely N-dealkylation sites (N-methyl/N-ethyl adjacent to an activating group) is 1. The zero-order valence-corrected chi connectivity index (χ0v) is 17.6. The summed E-state index contributed by atoms with van der Waals surface area (Å²) in [5, 5.41) is 11.8. The Bertz CT molecular complexity index is 855. The van der Waals surface area contributed by atoms with Gasteiger partial charge in [-0.3, -0.25) is 0 Å². The summed E-state index contributed by atoms with van der Waals surface area (Å²) in [5.41, 5.74) is 1.79. The SMILES string of the molecule is CCC1(c2cccc(OC(=O)N[C@@H](Cc3cnc[nH]3)C(=O)O)c2)CCCCN(C)C1. The minimum Gasteiger partial charge on any atom is -0.480 e. The topological polar surface area (TPSA) is 108 Å². The van der Waals surface area contributed by atoms with Gasteiger partial charge in [0.25, 0.3) is 0 Å². The van der Waals surface area contributed by atoms with Crippen LogP contribution >= 0.6 is 0 Å². The number of aliphatic carboxylic acids is 1. The van der Waals surface area contributed by atoms with E-state index in [1.54, 1.807) is 6.07 Å². The quantitative estimate of drug-likeness (QED) is 0.643. The van der Waals surface area contributed by atoms with Gasteiger partial charge in [-0.1, -0.05) is 25.5 Å². The second kappa shape index (κ2) is 9.75. The molecule has 2 heterocycles. The third kappa shape index (κ3) is 5.38. The number of aromatic amines is 1. The normalized spacial score (nSPS) is 20.9. The van der Waals surface area contributed by atoms with Crippen LogP contribution < -0.4 is 10.1 Å². The predicted molar refractivity (Wildman–Crippen MR) is 113 cm³/mol. The zero-order valence-electron chi connectivity index (χ0n) is 17.6. The molecular formula is C22H30N4O4. The number of imidazole rings is 1. The number of carbonyl (C=O) groups is 2. The number of aromatic nitrogens is 2. The molecule has 2 aromatic rings. The Kier molecular flexibility index (Phi) is 7.10. The van der Waals surface area contributed by atoms with Crippen LogP contribution in [0.1, 0.15) is 43.9 Å². The summed E-state index contributed by atoms with van der Waals surface area (Å²) in [5.74, 6) is -0.725. The number of carbonyl (C=O) groups excluding carboxylic acids is 1. The molecule has 1 unspecified atom stereocenters. The summed E-state index contributed by atoms with van der Waals surface area (Å²) < 4.78 is 5.44. The van der Waals surface area contributed by atoms with E-state index < -0.39 is 18.1 Å². The molecule has 0 radical (unpaired) electrons. The minimum atomic E-state index is -1.14. The standard InChI is InChI=1S/C22H30N4O4/c1-3-22(9-4-5-10-26(2)14-22)16-7-6-8-18(11-16)30-21(29)25-19(20(27)28)12-17-13-23-15-24-17/h6-8,11,13,15,19H,3-5,9-10,12,14H2,1-2H3,(H,23,24)(H,25,29)(H,27,28)/t19-,22?/m0/s1. The summed E-state index contributed by atoms with van der Waals surface area (Å²) in [4.78, 5) is 32.9. The molecule has 0 spiro atoms. The van der Waals surface area contributed by atoms with Crippen molar-refractivity contribution in [3.8, 4) is 5.75 Å². The fraction of sp³-hybridized carbons (Fsp3) is 0.500. The molecule has 1 aromatic heterocycles. The van der Waals surface area contributed by atoms with Crippen LogP contribution in [0.3, 0.4) is 0 Å². The summed E-state index contributed by atoms with van der Waals surface area (Å²) >= 11 is 0. The molecule has 30 heavy (non-hydrogen) atoms. The van der Waals surface area contributed by atoms with Gasteiger partial charge in [-0.2, -0.15) is 0 Å². The van der Waals surface area contributed by atoms with E-state index in [9.17, 15) is 14.7 Å². The number of amides is 1. The van der Waals surface area contributed by atoms with Gasteiger partial charge in [0.2, 0.25) is 0 Å². The van der Waals surface area contributed by atoms with E-state index in [1.807, 2.05) is 12.1 Å². The number of hydrogen-bond donors (Lipinski definition) is 3. The van der Waals surface area contributed by atoms with Crippen molar-refractivity contribution in [2.75, 3.05) is 20.1 Å². The molecule has 1 amide bonds. The maximum absolute atomic E-state index is 12.4. The molecule has 1 aliphatic rings. The van der Waals surface area contributed by atoms with Gasteiger partial charge in [0.05, 0.1) is 6.33 Å². The maximum atomic E-state index is 12.4. The van der Waals surface area contributed by atoms with E-state index in [0.717, 1.165) is 37.9 Å². The first-order valence-corrected chi connectivity index (χ1v) is 10.4. The van der Waals surface area contributed by atoms with Crippen molar-refractivity contribution in [1.82, 2.24) is 20.2 Å². The summed E-state index contributed by atoms with van der Waals surface area (Å²) in [6.07, 6.45) is 6.74. The van der Waals surface area contributed by atoms with Crippen LogP contribution in [0.5, 0.6) is 5.75 Å². The molecule has 3 N–H and O–H groups in total. The largest absolute Gasteiger partial charge is 0.480 e. The zero-order chi connectivity index (χ0) is 21.6. The first-order valence-electron chi connectivity index (χ1n) is 10.4. The fourth-order valence-electron chi connectivity index (χ4n) is 4.23. The lowest BCUT2D eigenvalue weighted by Gasteiger charge is -2.35. The summed E-state index contributed by atoms with van der Waals surface area (Å²) in [7, 11) is 2.15. The Morgan fingerprint density at radius 2 is 2.23 bits per heavy atom. The number of rotatable bonds is 7. The molecule has 0 aliphatic carbocycles. The van der Waals surface area contributed by atoms with E-state index >= 15 is 0 Å². The van der Waals surface area contributed by atoms with Crippen molar-refractivity contribution in [1.29, 1.82) is 0 Å². The van der Waals surface area contributed by atoms with E-state index in [0.29, 0.717) is 11.4 Å². The lowest BCUT2D eigenvalue weighted by molar-refractivity contribution is -0.139. The number of carboxylic acid groups (broad SMARTS) is 1. The molecule has 3 rings (SSSR count). The number of nitrogens with zero attached hydrogens (tertiary/aromatic N) is 2. The Balaban J connectivity index is 1.70. The molecule has 162 valence electrons. The lowest BCUT2D eigenvalue weighted by atomic mass is 9.74. The van der Waals surface area contributed by atoms with Crippen LogP contribution in [0.2, 0.25) is 0 Å². The number of H-pyrrole nitrogens is 1. The van der Waals surface area contributed by atoms with E-state index in [2.05, 4.69) is 40.2 Å². The molecule has 8 nitrogen and oxygen atoms in total. The smallest absolute Gasteiger partial charge is 0.413 e. The number of likely N-dealkylation sites (tertiary alicyclic amines) is 1. The third-order valence-electron chi connectivity index (χ3n) is 5.92. The number of carboxylic acids is 1. The van der Waals surface area contributed by atoms with Crippen molar-refractivity contribution in [2.24, 2.45) is 0 Å². The molecular weight excluding hydrogens is 384 g/mol. The van der Waals surface area contributed by atoms with Gasteiger partial charge in [-0.05, 0) is 50.6 Å². The molecule has 2 atom stereocenters. The molecule has 0 saturated carbocycles. The molecule has 1 fully saturated rings. The Hall–Kier alpha value is -2.87. The van der Waals surface area contributed by atoms with Crippen LogP contribution in [-0.2, 0) is 16.6 Å². The minimum absolute atomic E-state index is 0.0192. The van der Waals surface area contributed by atoms with Gasteiger partial charge in [0.15, 0.2) is 0 Å². The van der Waals surface area contributed by atoms with Crippen LogP contribution in [0.4, 0.5) is 4.79 Å². The van der Waals surface area contributed by atoms with Crippen molar-refractivity contribution in [3.05, 3.63) is 48.0 Å². The van der Waals surface area contributed by atoms with Gasteiger partial charge in [-0.25, -0.2) is 14.6 Å². The fourth-order valence-corrected chi connectivity index (χ4v) is 4.23. The van der Waals surface area contributed by atoms with Crippen molar-refractivity contribution in [3.63, 3.8) is 0 Å². The van der Waals surface area contributed by atoms with Gasteiger partial charge >= 0.3 is 12.1 Å². The highest BCUT2D eigenvalue weighted by molar-refractivity contribution is 5.81. The molecule has 8 heteroatoms. The van der Waals surface area contributed by atoms with Crippen LogP contribution in [0, 0.1) is 0 Å². The van der Waals surface area contributed by atoms with Crippen LogP contribution in [0.25, 0.3) is 0 Å². The predicted octanol–water partition coefficient (Wildman–Crippen LogP) is 2.96. The third-order valence-corrected chi connectivity index (χ3v) is 5.92.